The van der Waals surface area contributed by atoms with Crippen LogP contribution >= 0.6 is 0 Å². The third kappa shape index (κ3) is 4.60. The van der Waals surface area contributed by atoms with Crippen molar-refractivity contribution < 1.29 is 29.0 Å². The number of ether oxygens (including phenoxy) is 1. The van der Waals surface area contributed by atoms with Crippen molar-refractivity contribution in [2.45, 2.75) is 38.8 Å². The number of hydrogen-bond donors (Lipinski definition) is 1. The molecule has 3 aliphatic carbocycles. The van der Waals surface area contributed by atoms with E-state index in [4.69, 9.17) is 4.74 Å². The number of benzene rings is 3. The van der Waals surface area contributed by atoms with Crippen molar-refractivity contribution in [3.63, 3.8) is 0 Å². The Kier molecular flexibility index (Phi) is 6.88. The van der Waals surface area contributed by atoms with Gasteiger partial charge in [-0.1, -0.05) is 78.4 Å². The van der Waals surface area contributed by atoms with Crippen molar-refractivity contribution in [3.05, 3.63) is 130 Å². The van der Waals surface area contributed by atoms with E-state index in [1.54, 1.807) is 19.1 Å². The Morgan fingerprint density at radius 1 is 0.864 bits per heavy atom. The number of nitrogens with zero attached hydrogens (tertiary/aromatic N) is 1. The molecule has 7 heteroatoms. The van der Waals surface area contributed by atoms with Gasteiger partial charge in [-0.3, -0.25) is 24.1 Å². The molecule has 1 aliphatic heterocycles. The maximum atomic E-state index is 13.9. The van der Waals surface area contributed by atoms with Gasteiger partial charge in [0, 0.05) is 34.3 Å². The number of imide groups is 1. The number of ketones is 2. The highest BCUT2D eigenvalue weighted by Gasteiger charge is 2.56. The van der Waals surface area contributed by atoms with Gasteiger partial charge in [-0.05, 0) is 49.0 Å². The van der Waals surface area contributed by atoms with E-state index in [9.17, 15) is 24.3 Å². The number of hydrogen-bond acceptors (Lipinski definition) is 6. The van der Waals surface area contributed by atoms with Crippen LogP contribution in [0.3, 0.4) is 0 Å². The van der Waals surface area contributed by atoms with Crippen LogP contribution in [0.25, 0.3) is 0 Å². The lowest BCUT2D eigenvalue weighted by molar-refractivity contribution is -0.140. The quantitative estimate of drug-likeness (QED) is 0.230. The van der Waals surface area contributed by atoms with E-state index in [0.717, 1.165) is 16.7 Å². The number of likely N-dealkylation sites (tertiary alicyclic amines) is 1. The minimum absolute atomic E-state index is 0.0666. The fourth-order valence-corrected chi connectivity index (χ4v) is 7.30. The van der Waals surface area contributed by atoms with Crippen LogP contribution in [0.5, 0.6) is 11.5 Å². The number of allylic oxidation sites excluding steroid dienone is 6. The van der Waals surface area contributed by atoms with Crippen LogP contribution in [-0.4, -0.2) is 33.4 Å². The fraction of sp³-hybridized carbons (Fsp3) is 0.243. The van der Waals surface area contributed by atoms with Gasteiger partial charge in [-0.25, -0.2) is 0 Å². The van der Waals surface area contributed by atoms with E-state index in [-0.39, 0.29) is 42.1 Å². The number of Topliss-reactive ketones (excluding diaryl/α,β-unsaturated/α-hetero) is 1. The molecule has 1 N–H and O–H groups in total. The second-order valence-corrected chi connectivity index (χ2v) is 12.0. The lowest BCUT2D eigenvalue weighted by atomic mass is 9.59. The first kappa shape index (κ1) is 27.8. The number of amides is 2. The predicted molar refractivity (Wildman–Crippen MR) is 162 cm³/mol. The third-order valence-electron chi connectivity index (χ3n) is 9.40. The number of phenolic OH excluding ortho intramolecular Hbond substituents is 1. The molecule has 1 heterocycles. The Balaban J connectivity index is 1.26. The number of aromatic hydroxyl groups is 1. The van der Waals surface area contributed by atoms with Crippen LogP contribution < -0.4 is 4.74 Å². The van der Waals surface area contributed by atoms with Gasteiger partial charge in [0.1, 0.15) is 18.1 Å². The molecule has 4 unspecified atom stereocenters. The fourth-order valence-electron chi connectivity index (χ4n) is 7.30. The zero-order valence-electron chi connectivity index (χ0n) is 24.2. The van der Waals surface area contributed by atoms with Gasteiger partial charge in [0.2, 0.25) is 11.8 Å². The molecule has 3 aromatic rings. The summed E-state index contributed by atoms with van der Waals surface area (Å²) in [4.78, 5) is 55.9. The molecule has 1 saturated heterocycles. The van der Waals surface area contributed by atoms with E-state index in [2.05, 4.69) is 0 Å². The van der Waals surface area contributed by atoms with Gasteiger partial charge in [-0.15, -0.1) is 0 Å². The summed E-state index contributed by atoms with van der Waals surface area (Å²) in [5, 5.41) is 11.4. The van der Waals surface area contributed by atoms with Crippen molar-refractivity contribution in [3.8, 4) is 11.5 Å². The lowest BCUT2D eigenvalue weighted by Crippen LogP contribution is -2.39. The van der Waals surface area contributed by atoms with Gasteiger partial charge < -0.3 is 9.84 Å². The monoisotopic (exact) mass is 585 g/mol. The highest BCUT2D eigenvalue weighted by molar-refractivity contribution is 6.24. The van der Waals surface area contributed by atoms with Crippen molar-refractivity contribution in [1.82, 2.24) is 4.90 Å². The van der Waals surface area contributed by atoms with Crippen molar-refractivity contribution in [2.24, 2.45) is 17.8 Å². The maximum absolute atomic E-state index is 13.9. The molecule has 0 aromatic heterocycles. The van der Waals surface area contributed by atoms with Crippen LogP contribution in [0.2, 0.25) is 0 Å². The molecule has 44 heavy (non-hydrogen) atoms. The zero-order valence-corrected chi connectivity index (χ0v) is 24.2. The number of phenols is 1. The molecule has 7 nitrogen and oxygen atoms in total. The average Bonchev–Trinajstić information content (AvgIpc) is 3.28. The van der Waals surface area contributed by atoms with E-state index in [1.165, 1.54) is 17.0 Å². The second-order valence-electron chi connectivity index (χ2n) is 12.0. The summed E-state index contributed by atoms with van der Waals surface area (Å²) in [5.74, 6) is -2.92. The van der Waals surface area contributed by atoms with Crippen LogP contribution in [0.15, 0.2) is 113 Å². The smallest absolute Gasteiger partial charge is 0.234 e. The Morgan fingerprint density at radius 2 is 1.57 bits per heavy atom. The molecular weight excluding hydrogens is 554 g/mol. The molecule has 2 amide bonds. The number of fused-ring (bicyclic) bond motifs is 3. The normalized spacial score (nSPS) is 24.4. The van der Waals surface area contributed by atoms with Gasteiger partial charge in [0.25, 0.3) is 0 Å². The van der Waals surface area contributed by atoms with Crippen LogP contribution in [0.1, 0.15) is 42.4 Å². The van der Waals surface area contributed by atoms with Crippen molar-refractivity contribution in [2.75, 3.05) is 0 Å². The molecule has 7 rings (SSSR count). The largest absolute Gasteiger partial charge is 0.507 e. The molecule has 0 saturated carbocycles. The summed E-state index contributed by atoms with van der Waals surface area (Å²) in [5.41, 5.74) is 4.16. The van der Waals surface area contributed by atoms with Crippen LogP contribution in [0.4, 0.5) is 0 Å². The van der Waals surface area contributed by atoms with E-state index >= 15 is 0 Å². The van der Waals surface area contributed by atoms with E-state index < -0.39 is 23.7 Å². The SMILES string of the molecule is CC1=CC(=O)C2=C(C1=O)C(c1ccc(OCc3ccccc3)cc1O)C1=CCC3C(=O)N(Cc4ccccc4)C(=O)C3C1C2. The van der Waals surface area contributed by atoms with E-state index in [1.807, 2.05) is 66.7 Å². The Bertz CT molecular complexity index is 1800. The van der Waals surface area contributed by atoms with Gasteiger partial charge in [-0.2, -0.15) is 0 Å². The van der Waals surface area contributed by atoms with Crippen molar-refractivity contribution >= 4 is 23.4 Å². The standard InChI is InChI=1S/C37H31NO6/c1-21-16-30(39)29-18-28-25(14-15-27-33(28)37(43)38(36(27)42)19-22-8-4-2-5-9-22)32(34(29)35(21)41)26-13-12-24(17-31(26)40)44-20-23-10-6-3-7-11-23/h2-14,16-17,27-28,32-33,40H,15,18-20H2,1H3. The molecule has 220 valence electrons. The summed E-state index contributed by atoms with van der Waals surface area (Å²) in [6.45, 7) is 2.14. The number of carbonyl (C=O) groups excluding carboxylic acids is 4. The minimum atomic E-state index is -0.723. The summed E-state index contributed by atoms with van der Waals surface area (Å²) < 4.78 is 5.92. The molecule has 0 radical (unpaired) electrons. The first-order valence-electron chi connectivity index (χ1n) is 14.9. The topological polar surface area (TPSA) is 101 Å². The van der Waals surface area contributed by atoms with Crippen LogP contribution in [-0.2, 0) is 32.3 Å². The summed E-state index contributed by atoms with van der Waals surface area (Å²) in [6.07, 6.45) is 3.87. The highest BCUT2D eigenvalue weighted by atomic mass is 16.5. The second kappa shape index (κ2) is 10.9. The molecule has 0 spiro atoms. The molecular formula is C37H31NO6. The molecule has 4 aliphatic rings. The number of carbonyl (C=O) groups is 4. The first-order chi connectivity index (χ1) is 21.3. The first-order valence-corrected chi connectivity index (χ1v) is 14.9. The summed E-state index contributed by atoms with van der Waals surface area (Å²) in [6, 6.07) is 24.1. The summed E-state index contributed by atoms with van der Waals surface area (Å²) in [7, 11) is 0. The Morgan fingerprint density at radius 3 is 2.27 bits per heavy atom. The zero-order chi connectivity index (χ0) is 30.5. The molecule has 3 aromatic carbocycles. The highest BCUT2D eigenvalue weighted by Crippen LogP contribution is 2.56. The minimum Gasteiger partial charge on any atom is -0.507 e. The van der Waals surface area contributed by atoms with Crippen molar-refractivity contribution in [1.29, 1.82) is 0 Å². The molecule has 1 fully saturated rings. The maximum Gasteiger partial charge on any atom is 0.234 e. The third-order valence-corrected chi connectivity index (χ3v) is 9.40. The Hall–Kier alpha value is -5.04. The van der Waals surface area contributed by atoms with Gasteiger partial charge in [0.15, 0.2) is 11.6 Å². The van der Waals surface area contributed by atoms with Gasteiger partial charge in [0.05, 0.1) is 18.4 Å². The molecule has 0 bridgehead atoms. The van der Waals surface area contributed by atoms with Crippen LogP contribution in [0, 0.1) is 17.8 Å². The predicted octanol–water partition coefficient (Wildman–Crippen LogP) is 5.60. The van der Waals surface area contributed by atoms with E-state index in [0.29, 0.717) is 41.1 Å². The lowest BCUT2D eigenvalue weighted by Gasteiger charge is -2.42. The van der Waals surface area contributed by atoms with Gasteiger partial charge >= 0.3 is 0 Å². The summed E-state index contributed by atoms with van der Waals surface area (Å²) >= 11 is 0. The number of rotatable bonds is 6. The Labute approximate surface area is 255 Å². The molecule has 4 atom stereocenters. The average molecular weight is 586 g/mol.